The highest BCUT2D eigenvalue weighted by atomic mass is 16.5. The smallest absolute Gasteiger partial charge is 0.253 e. The van der Waals surface area contributed by atoms with Gasteiger partial charge in [-0.25, -0.2) is 0 Å². The minimum Gasteiger partial charge on any atom is -0.373 e. The highest BCUT2D eigenvalue weighted by Gasteiger charge is 2.22. The van der Waals surface area contributed by atoms with E-state index in [2.05, 4.69) is 36.2 Å². The lowest BCUT2D eigenvalue weighted by Crippen LogP contribution is -2.46. The number of morpholine rings is 1. The highest BCUT2D eigenvalue weighted by molar-refractivity contribution is 5.94. The SMILES string of the molecule is CC1CN(Cc2ccc(C(=O)N3CCNCC3)cc2)CC(C)O1. The molecule has 5 heteroatoms. The van der Waals surface area contributed by atoms with Crippen molar-refractivity contribution in [3.05, 3.63) is 35.4 Å². The summed E-state index contributed by atoms with van der Waals surface area (Å²) in [6, 6.07) is 8.10. The molecule has 2 aliphatic heterocycles. The molecule has 3 rings (SSSR count). The standard InChI is InChI=1S/C18H27N3O2/c1-14-11-20(12-15(2)23-14)13-16-3-5-17(6-4-16)18(22)21-9-7-19-8-10-21/h3-6,14-15,19H,7-13H2,1-2H3. The summed E-state index contributed by atoms with van der Waals surface area (Å²) in [7, 11) is 0. The van der Waals surface area contributed by atoms with Gasteiger partial charge in [-0.15, -0.1) is 0 Å². The number of carbonyl (C=O) groups excluding carboxylic acids is 1. The van der Waals surface area contributed by atoms with E-state index in [4.69, 9.17) is 4.74 Å². The maximum atomic E-state index is 12.5. The van der Waals surface area contributed by atoms with Gasteiger partial charge in [0, 0.05) is 51.4 Å². The molecule has 0 aromatic heterocycles. The van der Waals surface area contributed by atoms with Crippen LogP contribution in [0.5, 0.6) is 0 Å². The van der Waals surface area contributed by atoms with E-state index in [-0.39, 0.29) is 18.1 Å². The lowest BCUT2D eigenvalue weighted by atomic mass is 10.1. The van der Waals surface area contributed by atoms with E-state index < -0.39 is 0 Å². The van der Waals surface area contributed by atoms with Gasteiger partial charge in [-0.05, 0) is 31.5 Å². The predicted octanol–water partition coefficient (Wildman–Crippen LogP) is 1.34. The molecule has 1 aromatic rings. The largest absolute Gasteiger partial charge is 0.373 e. The third kappa shape index (κ3) is 4.31. The first-order valence-corrected chi connectivity index (χ1v) is 8.58. The molecule has 2 aliphatic rings. The molecule has 126 valence electrons. The topological polar surface area (TPSA) is 44.8 Å². The molecule has 0 aliphatic carbocycles. The number of nitrogens with zero attached hydrogens (tertiary/aromatic N) is 2. The average Bonchev–Trinajstić information content (AvgIpc) is 2.55. The Labute approximate surface area is 138 Å². The fraction of sp³-hybridized carbons (Fsp3) is 0.611. The minimum absolute atomic E-state index is 0.145. The van der Waals surface area contributed by atoms with Crippen LogP contribution >= 0.6 is 0 Å². The van der Waals surface area contributed by atoms with Crippen molar-refractivity contribution in [2.75, 3.05) is 39.3 Å². The molecule has 0 bridgehead atoms. The first kappa shape index (κ1) is 16.4. The minimum atomic E-state index is 0.145. The van der Waals surface area contributed by atoms with Gasteiger partial charge in [-0.1, -0.05) is 12.1 Å². The number of piperazine rings is 1. The Morgan fingerprint density at radius 1 is 1.13 bits per heavy atom. The molecule has 1 aromatic carbocycles. The Bertz CT molecular complexity index is 516. The first-order valence-electron chi connectivity index (χ1n) is 8.58. The Morgan fingerprint density at radius 2 is 1.74 bits per heavy atom. The Hall–Kier alpha value is -1.43. The quantitative estimate of drug-likeness (QED) is 0.914. The second-order valence-corrected chi connectivity index (χ2v) is 6.69. The van der Waals surface area contributed by atoms with Gasteiger partial charge in [0.05, 0.1) is 12.2 Å². The summed E-state index contributed by atoms with van der Waals surface area (Å²) in [5.74, 6) is 0.145. The molecule has 23 heavy (non-hydrogen) atoms. The Morgan fingerprint density at radius 3 is 2.35 bits per heavy atom. The van der Waals surface area contributed by atoms with Gasteiger partial charge >= 0.3 is 0 Å². The maximum absolute atomic E-state index is 12.5. The molecule has 2 saturated heterocycles. The molecule has 1 amide bonds. The van der Waals surface area contributed by atoms with Gasteiger partial charge in [0.25, 0.3) is 5.91 Å². The molecule has 2 fully saturated rings. The zero-order valence-electron chi connectivity index (χ0n) is 14.1. The summed E-state index contributed by atoms with van der Waals surface area (Å²) in [5.41, 5.74) is 2.04. The van der Waals surface area contributed by atoms with Crippen LogP contribution in [0.15, 0.2) is 24.3 Å². The van der Waals surface area contributed by atoms with Crippen LogP contribution in [0.2, 0.25) is 0 Å². The molecule has 5 nitrogen and oxygen atoms in total. The first-order chi connectivity index (χ1) is 11.1. The maximum Gasteiger partial charge on any atom is 0.253 e. The second-order valence-electron chi connectivity index (χ2n) is 6.69. The molecule has 0 radical (unpaired) electrons. The number of amides is 1. The van der Waals surface area contributed by atoms with E-state index in [0.29, 0.717) is 0 Å². The van der Waals surface area contributed by atoms with Crippen LogP contribution in [0.25, 0.3) is 0 Å². The van der Waals surface area contributed by atoms with Crippen LogP contribution in [0.1, 0.15) is 29.8 Å². The van der Waals surface area contributed by atoms with E-state index in [0.717, 1.165) is 51.4 Å². The van der Waals surface area contributed by atoms with Crippen LogP contribution in [0.3, 0.4) is 0 Å². The summed E-state index contributed by atoms with van der Waals surface area (Å²) >= 11 is 0. The Balaban J connectivity index is 1.59. The second kappa shape index (κ2) is 7.43. The summed E-state index contributed by atoms with van der Waals surface area (Å²) < 4.78 is 5.77. The van der Waals surface area contributed by atoms with E-state index in [1.54, 1.807) is 0 Å². The fourth-order valence-corrected chi connectivity index (χ4v) is 3.47. The number of nitrogens with one attached hydrogen (secondary N) is 1. The van der Waals surface area contributed by atoms with Crippen LogP contribution in [-0.2, 0) is 11.3 Å². The molecule has 2 atom stereocenters. The number of hydrogen-bond donors (Lipinski definition) is 1. The molecular weight excluding hydrogens is 290 g/mol. The number of benzene rings is 1. The van der Waals surface area contributed by atoms with Gasteiger partial charge in [-0.3, -0.25) is 9.69 Å². The van der Waals surface area contributed by atoms with Crippen LogP contribution < -0.4 is 5.32 Å². The van der Waals surface area contributed by atoms with Gasteiger partial charge in [-0.2, -0.15) is 0 Å². The normalized spacial score (nSPS) is 26.3. The van der Waals surface area contributed by atoms with Crippen molar-refractivity contribution in [3.8, 4) is 0 Å². The summed E-state index contributed by atoms with van der Waals surface area (Å²) in [6.45, 7) is 10.5. The third-order valence-electron chi connectivity index (χ3n) is 4.51. The molecular formula is C18H27N3O2. The zero-order chi connectivity index (χ0) is 16.2. The van der Waals surface area contributed by atoms with Crippen molar-refractivity contribution in [2.45, 2.75) is 32.6 Å². The van der Waals surface area contributed by atoms with Crippen LogP contribution in [0, 0.1) is 0 Å². The number of ether oxygens (including phenoxy) is 1. The lowest BCUT2D eigenvalue weighted by Gasteiger charge is -2.35. The van der Waals surface area contributed by atoms with Crippen molar-refractivity contribution >= 4 is 5.91 Å². The van der Waals surface area contributed by atoms with Crippen molar-refractivity contribution in [2.24, 2.45) is 0 Å². The summed E-state index contributed by atoms with van der Waals surface area (Å²) in [5, 5.41) is 3.27. The summed E-state index contributed by atoms with van der Waals surface area (Å²) in [4.78, 5) is 16.8. The number of hydrogen-bond acceptors (Lipinski definition) is 4. The highest BCUT2D eigenvalue weighted by Crippen LogP contribution is 2.15. The fourth-order valence-electron chi connectivity index (χ4n) is 3.47. The zero-order valence-corrected chi connectivity index (χ0v) is 14.1. The average molecular weight is 317 g/mol. The van der Waals surface area contributed by atoms with Gasteiger partial charge in [0.1, 0.15) is 0 Å². The van der Waals surface area contributed by atoms with Crippen LogP contribution in [-0.4, -0.2) is 67.2 Å². The molecule has 2 heterocycles. The molecule has 0 spiro atoms. The molecule has 2 unspecified atom stereocenters. The van der Waals surface area contributed by atoms with Crippen molar-refractivity contribution in [1.82, 2.24) is 15.1 Å². The molecule has 0 saturated carbocycles. The van der Waals surface area contributed by atoms with E-state index in [9.17, 15) is 4.79 Å². The van der Waals surface area contributed by atoms with Gasteiger partial charge in [0.2, 0.25) is 0 Å². The van der Waals surface area contributed by atoms with E-state index in [1.165, 1.54) is 5.56 Å². The number of carbonyl (C=O) groups is 1. The van der Waals surface area contributed by atoms with Crippen molar-refractivity contribution in [3.63, 3.8) is 0 Å². The molecule has 1 N–H and O–H groups in total. The number of rotatable bonds is 3. The predicted molar refractivity (Wildman–Crippen MR) is 90.5 cm³/mol. The Kier molecular flexibility index (Phi) is 5.30. The van der Waals surface area contributed by atoms with Crippen molar-refractivity contribution in [1.29, 1.82) is 0 Å². The van der Waals surface area contributed by atoms with Crippen LogP contribution in [0.4, 0.5) is 0 Å². The monoisotopic (exact) mass is 317 g/mol. The van der Waals surface area contributed by atoms with Gasteiger partial charge in [0.15, 0.2) is 0 Å². The van der Waals surface area contributed by atoms with E-state index in [1.807, 2.05) is 17.0 Å². The van der Waals surface area contributed by atoms with E-state index >= 15 is 0 Å². The van der Waals surface area contributed by atoms with Crippen molar-refractivity contribution < 1.29 is 9.53 Å². The summed E-state index contributed by atoms with van der Waals surface area (Å²) in [6.07, 6.45) is 0.569. The lowest BCUT2D eigenvalue weighted by molar-refractivity contribution is -0.0704. The third-order valence-corrected chi connectivity index (χ3v) is 4.51. The van der Waals surface area contributed by atoms with Gasteiger partial charge < -0.3 is 15.0 Å².